The minimum Gasteiger partial charge on any atom is -0.462 e. The predicted octanol–water partition coefficient (Wildman–Crippen LogP) is 19.7. The van der Waals surface area contributed by atoms with Gasteiger partial charge in [-0.3, -0.25) is 37.3 Å². The molecule has 19 heteroatoms. The lowest BCUT2D eigenvalue weighted by Gasteiger charge is -2.21. The number of unbranched alkanes of at least 4 members (excludes halogenated alkanes) is 32. The van der Waals surface area contributed by atoms with Crippen LogP contribution in [0.4, 0.5) is 0 Å². The number of phosphoric ester groups is 2. The third-order valence-electron chi connectivity index (χ3n) is 16.4. The minimum atomic E-state index is -4.95. The van der Waals surface area contributed by atoms with Crippen LogP contribution < -0.4 is 0 Å². The van der Waals surface area contributed by atoms with Gasteiger partial charge in [-0.05, 0) is 49.4 Å². The summed E-state index contributed by atoms with van der Waals surface area (Å²) in [5, 5.41) is 10.6. The lowest BCUT2D eigenvalue weighted by Crippen LogP contribution is -2.30. The maximum Gasteiger partial charge on any atom is 0.472 e. The van der Waals surface area contributed by atoms with Gasteiger partial charge in [0.2, 0.25) is 0 Å². The Hall–Kier alpha value is -1.94. The van der Waals surface area contributed by atoms with E-state index in [1.54, 1.807) is 0 Å². The number of aliphatic hydroxyl groups excluding tert-OH is 1. The summed E-state index contributed by atoms with van der Waals surface area (Å²) >= 11 is 0. The second-order valence-electron chi connectivity index (χ2n) is 26.9. The molecule has 0 aliphatic rings. The molecule has 0 aromatic heterocycles. The third-order valence-corrected chi connectivity index (χ3v) is 18.3. The van der Waals surface area contributed by atoms with Crippen molar-refractivity contribution in [3.05, 3.63) is 0 Å². The highest BCUT2D eigenvalue weighted by Crippen LogP contribution is 2.45. The van der Waals surface area contributed by atoms with Gasteiger partial charge >= 0.3 is 39.5 Å². The van der Waals surface area contributed by atoms with E-state index in [9.17, 15) is 43.2 Å². The maximum absolute atomic E-state index is 13.0. The van der Waals surface area contributed by atoms with Gasteiger partial charge in [0.15, 0.2) is 12.2 Å². The number of hydrogen-bond acceptors (Lipinski definition) is 15. The lowest BCUT2D eigenvalue weighted by molar-refractivity contribution is -0.161. The summed E-state index contributed by atoms with van der Waals surface area (Å²) in [6, 6.07) is 0. The van der Waals surface area contributed by atoms with E-state index in [1.807, 2.05) is 0 Å². The molecule has 0 aliphatic carbocycles. The molecular formula is C70H136O17P2. The van der Waals surface area contributed by atoms with Crippen molar-refractivity contribution in [1.29, 1.82) is 0 Å². The average Bonchev–Trinajstić information content (AvgIpc) is 3.65. The van der Waals surface area contributed by atoms with Crippen molar-refractivity contribution >= 4 is 39.5 Å². The Balaban J connectivity index is 5.21. The van der Waals surface area contributed by atoms with Crippen LogP contribution in [0.25, 0.3) is 0 Å². The normalized spacial score (nSPS) is 14.6. The predicted molar refractivity (Wildman–Crippen MR) is 358 cm³/mol. The first kappa shape index (κ1) is 87.1. The van der Waals surface area contributed by atoms with Gasteiger partial charge < -0.3 is 33.8 Å². The van der Waals surface area contributed by atoms with E-state index in [4.69, 9.17) is 37.0 Å². The van der Waals surface area contributed by atoms with Gasteiger partial charge in [0.25, 0.3) is 0 Å². The zero-order valence-electron chi connectivity index (χ0n) is 58.1. The lowest BCUT2D eigenvalue weighted by atomic mass is 9.99. The van der Waals surface area contributed by atoms with Crippen molar-refractivity contribution in [2.24, 2.45) is 23.7 Å². The molecule has 528 valence electrons. The molecule has 6 atom stereocenters. The number of aliphatic hydroxyl groups is 1. The van der Waals surface area contributed by atoms with Gasteiger partial charge in [0.05, 0.1) is 26.4 Å². The minimum absolute atomic E-state index is 0.102. The highest BCUT2D eigenvalue weighted by atomic mass is 31.2. The fourth-order valence-corrected chi connectivity index (χ4v) is 12.0. The zero-order valence-corrected chi connectivity index (χ0v) is 59.8. The summed E-state index contributed by atoms with van der Waals surface area (Å²) in [4.78, 5) is 72.5. The summed E-state index contributed by atoms with van der Waals surface area (Å²) < 4.78 is 68.2. The van der Waals surface area contributed by atoms with E-state index in [0.717, 1.165) is 108 Å². The molecule has 0 saturated heterocycles. The molecule has 89 heavy (non-hydrogen) atoms. The van der Waals surface area contributed by atoms with E-state index in [0.29, 0.717) is 37.5 Å². The quantitative estimate of drug-likeness (QED) is 0.0222. The van der Waals surface area contributed by atoms with E-state index in [-0.39, 0.29) is 25.7 Å². The first-order chi connectivity index (χ1) is 42.6. The zero-order chi connectivity index (χ0) is 66.1. The van der Waals surface area contributed by atoms with Crippen LogP contribution in [0.2, 0.25) is 0 Å². The number of phosphoric acid groups is 2. The van der Waals surface area contributed by atoms with Crippen LogP contribution in [0.15, 0.2) is 0 Å². The molecule has 0 spiro atoms. The molecule has 0 aromatic rings. The fourth-order valence-electron chi connectivity index (χ4n) is 10.5. The second kappa shape index (κ2) is 59.8. The molecule has 0 bridgehead atoms. The van der Waals surface area contributed by atoms with Gasteiger partial charge in [-0.15, -0.1) is 0 Å². The first-order valence-corrected chi connectivity index (χ1v) is 39.2. The van der Waals surface area contributed by atoms with Crippen LogP contribution in [0, 0.1) is 23.7 Å². The Morgan fingerprint density at radius 1 is 0.315 bits per heavy atom. The molecule has 0 aromatic carbocycles. The second-order valence-corrected chi connectivity index (χ2v) is 29.8. The van der Waals surface area contributed by atoms with E-state index in [1.165, 1.54) is 141 Å². The maximum atomic E-state index is 13.0. The number of rotatable bonds is 67. The monoisotopic (exact) mass is 1310 g/mol. The summed E-state index contributed by atoms with van der Waals surface area (Å²) in [7, 11) is -9.90. The van der Waals surface area contributed by atoms with Crippen LogP contribution in [0.1, 0.15) is 344 Å². The first-order valence-electron chi connectivity index (χ1n) is 36.2. The van der Waals surface area contributed by atoms with E-state index in [2.05, 4.69) is 55.4 Å². The summed E-state index contributed by atoms with van der Waals surface area (Å²) in [5.41, 5.74) is 0. The molecule has 0 aliphatic heterocycles. The van der Waals surface area contributed by atoms with Gasteiger partial charge in [-0.2, -0.15) is 0 Å². The summed E-state index contributed by atoms with van der Waals surface area (Å²) in [5.74, 6) is 0.834. The molecule has 0 heterocycles. The number of ether oxygens (including phenoxy) is 4. The van der Waals surface area contributed by atoms with Crippen LogP contribution in [-0.2, 0) is 65.4 Å². The Bertz CT molecular complexity index is 1770. The topological polar surface area (TPSA) is 237 Å². The highest BCUT2D eigenvalue weighted by molar-refractivity contribution is 7.47. The average molecular weight is 1310 g/mol. The molecule has 0 saturated carbocycles. The van der Waals surface area contributed by atoms with Crippen LogP contribution in [0.5, 0.6) is 0 Å². The molecule has 17 nitrogen and oxygen atoms in total. The largest absolute Gasteiger partial charge is 0.472 e. The van der Waals surface area contributed by atoms with Crippen molar-refractivity contribution < 1.29 is 80.2 Å². The van der Waals surface area contributed by atoms with E-state index >= 15 is 0 Å². The molecular weight excluding hydrogens is 1170 g/mol. The Morgan fingerprint density at radius 2 is 0.539 bits per heavy atom. The fraction of sp³-hybridized carbons (Fsp3) is 0.943. The van der Waals surface area contributed by atoms with Crippen molar-refractivity contribution in [3.8, 4) is 0 Å². The summed E-state index contributed by atoms with van der Waals surface area (Å²) in [6.07, 6.45) is 41.9. The Labute approximate surface area is 543 Å². The van der Waals surface area contributed by atoms with Crippen LogP contribution >= 0.6 is 15.6 Å². The van der Waals surface area contributed by atoms with Gasteiger partial charge in [0, 0.05) is 25.7 Å². The Morgan fingerprint density at radius 3 is 0.798 bits per heavy atom. The molecule has 4 unspecified atom stereocenters. The van der Waals surface area contributed by atoms with Gasteiger partial charge in [-0.25, -0.2) is 9.13 Å². The van der Waals surface area contributed by atoms with Gasteiger partial charge in [0.1, 0.15) is 19.3 Å². The Kier molecular flexibility index (Phi) is 58.5. The van der Waals surface area contributed by atoms with Crippen molar-refractivity contribution in [1.82, 2.24) is 0 Å². The third kappa shape index (κ3) is 63.2. The van der Waals surface area contributed by atoms with Crippen molar-refractivity contribution in [3.63, 3.8) is 0 Å². The number of esters is 4. The van der Waals surface area contributed by atoms with E-state index < -0.39 is 97.5 Å². The SMILES string of the molecule is CCC(C)CCCCCCCCCCCCC(=O)O[C@H](COC(=O)CCCCCCCCCC(C)C)COP(=O)(O)OCC(O)COP(=O)(O)OC[C@@H](COC(=O)CCCCCCCCCCCCCCCC(C)C)OC(=O)CCCCCCCCC(C)C. The molecule has 0 fully saturated rings. The standard InChI is InChI=1S/C70H136O17P2/c1-9-63(8)49-41-33-24-18-15-16-20-26-36-44-52-69(74)86-65(56-81-68(73)51-43-35-27-21-23-31-39-47-61(4)5)58-84-88(76,77)82-54-64(71)55-83-89(78,79)85-59-66(87-70(75)53-45-37-29-28-32-40-48-62(6)7)57-80-67(72)50-42-34-25-19-14-12-10-11-13-17-22-30-38-46-60(2)3/h60-66,71H,9-59H2,1-8H3,(H,76,77)(H,78,79)/t63?,64?,65-,66-/m1/s1. The van der Waals surface area contributed by atoms with Crippen LogP contribution in [0.3, 0.4) is 0 Å². The smallest absolute Gasteiger partial charge is 0.462 e. The number of hydrogen-bond donors (Lipinski definition) is 3. The highest BCUT2D eigenvalue weighted by Gasteiger charge is 2.30. The number of carbonyl (C=O) groups is 4. The number of carbonyl (C=O) groups excluding carboxylic acids is 4. The summed E-state index contributed by atoms with van der Waals surface area (Å²) in [6.45, 7) is 14.0. The molecule has 3 N–H and O–H groups in total. The van der Waals surface area contributed by atoms with Gasteiger partial charge in [-0.1, -0.05) is 293 Å². The molecule has 0 rings (SSSR count). The molecule has 0 radical (unpaired) electrons. The van der Waals surface area contributed by atoms with Crippen LogP contribution in [-0.4, -0.2) is 96.7 Å². The van der Waals surface area contributed by atoms with Crippen molar-refractivity contribution in [2.75, 3.05) is 39.6 Å². The van der Waals surface area contributed by atoms with Crippen molar-refractivity contribution in [2.45, 2.75) is 363 Å². The molecule has 0 amide bonds.